The number of rotatable bonds is 5. The molecule has 0 aliphatic carbocycles. The summed E-state index contributed by atoms with van der Waals surface area (Å²) in [6.07, 6.45) is 1.64. The van der Waals surface area contributed by atoms with Gasteiger partial charge in [-0.3, -0.25) is 9.59 Å². The van der Waals surface area contributed by atoms with Gasteiger partial charge in [-0.2, -0.15) is 0 Å². The zero-order chi connectivity index (χ0) is 19.1. The Balaban J connectivity index is 1.87. The fourth-order valence-electron chi connectivity index (χ4n) is 2.39. The summed E-state index contributed by atoms with van der Waals surface area (Å²) in [5.41, 5.74) is 2.09. The minimum atomic E-state index is -0.395. The van der Waals surface area contributed by atoms with Crippen LogP contribution >= 0.6 is 15.9 Å². The summed E-state index contributed by atoms with van der Waals surface area (Å²) in [6, 6.07) is 25.3. The maximum absolute atomic E-state index is 12.7. The smallest absolute Gasteiger partial charge is 0.272 e. The van der Waals surface area contributed by atoms with E-state index >= 15 is 0 Å². The molecule has 0 aliphatic heterocycles. The van der Waals surface area contributed by atoms with Crippen molar-refractivity contribution in [3.05, 3.63) is 106 Å². The van der Waals surface area contributed by atoms with Crippen LogP contribution < -0.4 is 10.6 Å². The second kappa shape index (κ2) is 8.96. The lowest BCUT2D eigenvalue weighted by Gasteiger charge is -2.11. The van der Waals surface area contributed by atoms with Gasteiger partial charge < -0.3 is 10.6 Å². The Kier molecular flexibility index (Phi) is 6.18. The molecule has 4 nitrogen and oxygen atoms in total. The maximum Gasteiger partial charge on any atom is 0.272 e. The molecule has 0 spiro atoms. The van der Waals surface area contributed by atoms with Gasteiger partial charge in [0, 0.05) is 15.7 Å². The molecule has 0 saturated carbocycles. The number of hydrogen-bond acceptors (Lipinski definition) is 2. The Labute approximate surface area is 166 Å². The number of amides is 2. The third kappa shape index (κ3) is 5.39. The topological polar surface area (TPSA) is 58.2 Å². The summed E-state index contributed by atoms with van der Waals surface area (Å²) in [5.74, 6) is -0.740. The lowest BCUT2D eigenvalue weighted by Crippen LogP contribution is -2.30. The van der Waals surface area contributed by atoms with Crippen molar-refractivity contribution < 1.29 is 9.59 Å². The molecular formula is C22H17BrN2O2. The van der Waals surface area contributed by atoms with Crippen LogP contribution in [0.25, 0.3) is 6.08 Å². The van der Waals surface area contributed by atoms with E-state index in [4.69, 9.17) is 0 Å². The van der Waals surface area contributed by atoms with Crippen LogP contribution in [0.1, 0.15) is 15.9 Å². The fraction of sp³-hybridized carbons (Fsp3) is 0. The van der Waals surface area contributed by atoms with Gasteiger partial charge in [0.25, 0.3) is 11.8 Å². The zero-order valence-electron chi connectivity index (χ0n) is 14.4. The van der Waals surface area contributed by atoms with Gasteiger partial charge in [-0.25, -0.2) is 0 Å². The highest BCUT2D eigenvalue weighted by atomic mass is 79.9. The fourth-order valence-corrected chi connectivity index (χ4v) is 2.65. The van der Waals surface area contributed by atoms with Gasteiger partial charge in [0.05, 0.1) is 0 Å². The summed E-state index contributed by atoms with van der Waals surface area (Å²) in [6.45, 7) is 0. The Morgan fingerprint density at radius 1 is 0.778 bits per heavy atom. The van der Waals surface area contributed by atoms with E-state index in [1.165, 1.54) is 0 Å². The number of hydrogen-bond donors (Lipinski definition) is 2. The van der Waals surface area contributed by atoms with Crippen LogP contribution in [0.15, 0.2) is 95.1 Å². The number of para-hydroxylation sites is 1. The van der Waals surface area contributed by atoms with Crippen molar-refractivity contribution in [1.29, 1.82) is 0 Å². The highest BCUT2D eigenvalue weighted by Crippen LogP contribution is 2.14. The van der Waals surface area contributed by atoms with Gasteiger partial charge in [0.2, 0.25) is 0 Å². The molecule has 0 radical (unpaired) electrons. The first-order valence-electron chi connectivity index (χ1n) is 8.32. The molecule has 2 N–H and O–H groups in total. The third-order valence-corrected chi connectivity index (χ3v) is 4.27. The number of halogens is 1. The van der Waals surface area contributed by atoms with E-state index in [9.17, 15) is 9.59 Å². The van der Waals surface area contributed by atoms with Crippen molar-refractivity contribution in [1.82, 2.24) is 5.32 Å². The zero-order valence-corrected chi connectivity index (χ0v) is 15.9. The minimum absolute atomic E-state index is 0.162. The second-order valence-corrected chi connectivity index (χ2v) is 6.67. The Morgan fingerprint density at radius 3 is 2.00 bits per heavy atom. The van der Waals surface area contributed by atoms with Crippen LogP contribution in [-0.4, -0.2) is 11.8 Å². The molecule has 0 unspecified atom stereocenters. The van der Waals surface area contributed by atoms with Crippen LogP contribution in [-0.2, 0) is 4.79 Å². The van der Waals surface area contributed by atoms with Gasteiger partial charge in [-0.1, -0.05) is 64.5 Å². The largest absolute Gasteiger partial charge is 0.321 e. The summed E-state index contributed by atoms with van der Waals surface area (Å²) in [7, 11) is 0. The molecule has 0 heterocycles. The van der Waals surface area contributed by atoms with E-state index in [-0.39, 0.29) is 11.6 Å². The van der Waals surface area contributed by atoms with Gasteiger partial charge in [-0.15, -0.1) is 0 Å². The maximum atomic E-state index is 12.7. The summed E-state index contributed by atoms with van der Waals surface area (Å²) >= 11 is 3.39. The van der Waals surface area contributed by atoms with E-state index < -0.39 is 5.91 Å². The van der Waals surface area contributed by atoms with Crippen LogP contribution in [0.2, 0.25) is 0 Å². The predicted molar refractivity (Wildman–Crippen MR) is 111 cm³/mol. The predicted octanol–water partition coefficient (Wildman–Crippen LogP) is 4.86. The Bertz CT molecular complexity index is 953. The number of carbonyl (C=O) groups excluding carboxylic acids is 2. The lowest BCUT2D eigenvalue weighted by molar-refractivity contribution is -0.113. The van der Waals surface area contributed by atoms with E-state index in [1.54, 1.807) is 42.5 Å². The van der Waals surface area contributed by atoms with Crippen LogP contribution in [0.5, 0.6) is 0 Å². The van der Waals surface area contributed by atoms with Crippen LogP contribution in [0, 0.1) is 0 Å². The highest BCUT2D eigenvalue weighted by molar-refractivity contribution is 9.10. The average Bonchev–Trinajstić information content (AvgIpc) is 2.70. The quantitative estimate of drug-likeness (QED) is 0.579. The molecular weight excluding hydrogens is 404 g/mol. The van der Waals surface area contributed by atoms with Crippen molar-refractivity contribution in [3.8, 4) is 0 Å². The molecule has 27 heavy (non-hydrogen) atoms. The van der Waals surface area contributed by atoms with E-state index in [0.29, 0.717) is 11.3 Å². The number of benzene rings is 3. The van der Waals surface area contributed by atoms with Crippen LogP contribution in [0.3, 0.4) is 0 Å². The standard InChI is InChI=1S/C22H17BrN2O2/c23-18-13-11-16(12-14-18)15-20(22(27)24-19-9-5-2-6-10-19)25-21(26)17-7-3-1-4-8-17/h1-15H,(H,24,27)(H,25,26)/b20-15+. The highest BCUT2D eigenvalue weighted by Gasteiger charge is 2.14. The molecule has 0 aliphatic rings. The molecule has 3 rings (SSSR count). The van der Waals surface area contributed by atoms with Crippen molar-refractivity contribution in [2.45, 2.75) is 0 Å². The first kappa shape index (κ1) is 18.6. The number of carbonyl (C=O) groups is 2. The molecule has 0 aromatic heterocycles. The van der Waals surface area contributed by atoms with Crippen molar-refractivity contribution in [3.63, 3.8) is 0 Å². The van der Waals surface area contributed by atoms with Crippen molar-refractivity contribution in [2.24, 2.45) is 0 Å². The molecule has 0 atom stereocenters. The summed E-state index contributed by atoms with van der Waals surface area (Å²) in [5, 5.41) is 5.51. The normalized spacial score (nSPS) is 10.9. The van der Waals surface area contributed by atoms with Gasteiger partial charge in [-0.05, 0) is 48.0 Å². The molecule has 0 bridgehead atoms. The van der Waals surface area contributed by atoms with Crippen molar-refractivity contribution >= 4 is 39.5 Å². The monoisotopic (exact) mass is 420 g/mol. The first-order chi connectivity index (χ1) is 13.1. The van der Waals surface area contributed by atoms with Gasteiger partial charge in [0.1, 0.15) is 5.70 Å². The Morgan fingerprint density at radius 2 is 1.37 bits per heavy atom. The molecule has 2 amide bonds. The molecule has 0 fully saturated rings. The summed E-state index contributed by atoms with van der Waals surface area (Å²) in [4.78, 5) is 25.3. The number of anilines is 1. The van der Waals surface area contributed by atoms with E-state index in [2.05, 4.69) is 26.6 Å². The first-order valence-corrected chi connectivity index (χ1v) is 9.11. The third-order valence-electron chi connectivity index (χ3n) is 3.74. The van der Waals surface area contributed by atoms with Crippen LogP contribution in [0.4, 0.5) is 5.69 Å². The minimum Gasteiger partial charge on any atom is -0.321 e. The van der Waals surface area contributed by atoms with E-state index in [1.807, 2.05) is 48.5 Å². The Hall–Kier alpha value is -3.18. The van der Waals surface area contributed by atoms with Gasteiger partial charge in [0.15, 0.2) is 0 Å². The SMILES string of the molecule is O=C(Nc1ccccc1)/C(=C\c1ccc(Br)cc1)NC(=O)c1ccccc1. The van der Waals surface area contributed by atoms with Crippen molar-refractivity contribution in [2.75, 3.05) is 5.32 Å². The molecule has 0 saturated heterocycles. The van der Waals surface area contributed by atoms with E-state index in [0.717, 1.165) is 10.0 Å². The molecule has 3 aromatic carbocycles. The number of nitrogens with one attached hydrogen (secondary N) is 2. The van der Waals surface area contributed by atoms with Gasteiger partial charge >= 0.3 is 0 Å². The average molecular weight is 421 g/mol. The summed E-state index contributed by atoms with van der Waals surface area (Å²) < 4.78 is 0.934. The molecule has 5 heteroatoms. The second-order valence-electron chi connectivity index (χ2n) is 5.75. The molecule has 134 valence electrons. The molecule has 3 aromatic rings. The lowest BCUT2D eigenvalue weighted by atomic mass is 10.1.